The van der Waals surface area contributed by atoms with Crippen molar-refractivity contribution < 1.29 is 4.74 Å². The third-order valence-electron chi connectivity index (χ3n) is 2.64. The molecule has 0 aromatic carbocycles. The third kappa shape index (κ3) is 2.99. The molecule has 1 atom stereocenters. The Morgan fingerprint density at radius 2 is 2.25 bits per heavy atom. The van der Waals surface area contributed by atoms with Gasteiger partial charge in [0.15, 0.2) is 0 Å². The number of nitrogens with zero attached hydrogens (tertiary/aromatic N) is 1. The maximum Gasteiger partial charge on any atom is 0.113 e. The van der Waals surface area contributed by atoms with E-state index in [-0.39, 0.29) is 5.92 Å². The number of imidazole rings is 1. The number of rotatable bonds is 5. The SMILES string of the molecule is C=C(C)O/C(CC)=C(\C)C(C)c1ncc[nH]1. The molecule has 0 aliphatic carbocycles. The Hall–Kier alpha value is -1.51. The standard InChI is InChI=1S/C13H20N2O/c1-6-12(16-9(2)3)10(4)11(5)13-14-7-8-15-13/h7-8,11H,2,6H2,1,3-5H3,(H,14,15)/b12-10+. The number of hydrogen-bond donors (Lipinski definition) is 1. The molecule has 1 aromatic heterocycles. The Labute approximate surface area is 97.2 Å². The predicted octanol–water partition coefficient (Wildman–Crippen LogP) is 3.75. The predicted molar refractivity (Wildman–Crippen MR) is 65.9 cm³/mol. The smallest absolute Gasteiger partial charge is 0.113 e. The van der Waals surface area contributed by atoms with Gasteiger partial charge in [-0.25, -0.2) is 4.98 Å². The molecule has 3 nitrogen and oxygen atoms in total. The number of hydrogen-bond acceptors (Lipinski definition) is 2. The number of ether oxygens (including phenoxy) is 1. The largest absolute Gasteiger partial charge is 0.467 e. The molecule has 0 saturated heterocycles. The van der Waals surface area contributed by atoms with Gasteiger partial charge in [0, 0.05) is 24.7 Å². The second-order valence-electron chi connectivity index (χ2n) is 3.96. The van der Waals surface area contributed by atoms with Gasteiger partial charge < -0.3 is 9.72 Å². The Morgan fingerprint density at radius 3 is 2.69 bits per heavy atom. The Kier molecular flexibility index (Phi) is 4.35. The van der Waals surface area contributed by atoms with Crippen LogP contribution >= 0.6 is 0 Å². The quantitative estimate of drug-likeness (QED) is 0.767. The van der Waals surface area contributed by atoms with E-state index in [0.29, 0.717) is 0 Å². The lowest BCUT2D eigenvalue weighted by molar-refractivity contribution is 0.290. The first-order chi connectivity index (χ1) is 7.56. The normalized spacial score (nSPS) is 14.2. The molecule has 0 aliphatic rings. The maximum absolute atomic E-state index is 5.62. The van der Waals surface area contributed by atoms with Crippen molar-refractivity contribution in [3.8, 4) is 0 Å². The molecule has 1 heterocycles. The summed E-state index contributed by atoms with van der Waals surface area (Å²) in [4.78, 5) is 7.39. The van der Waals surface area contributed by atoms with Gasteiger partial charge in [-0.2, -0.15) is 0 Å². The highest BCUT2D eigenvalue weighted by molar-refractivity contribution is 5.19. The van der Waals surface area contributed by atoms with Gasteiger partial charge >= 0.3 is 0 Å². The topological polar surface area (TPSA) is 37.9 Å². The zero-order valence-electron chi connectivity index (χ0n) is 10.5. The van der Waals surface area contributed by atoms with Crippen LogP contribution in [0.25, 0.3) is 0 Å². The van der Waals surface area contributed by atoms with E-state index >= 15 is 0 Å². The van der Waals surface area contributed by atoms with Crippen molar-refractivity contribution >= 4 is 0 Å². The zero-order valence-corrected chi connectivity index (χ0v) is 10.5. The van der Waals surface area contributed by atoms with Crippen molar-refractivity contribution in [1.29, 1.82) is 0 Å². The molecule has 1 rings (SSSR count). The summed E-state index contributed by atoms with van der Waals surface area (Å²) in [7, 11) is 0. The van der Waals surface area contributed by atoms with Crippen LogP contribution in [-0.2, 0) is 4.74 Å². The molecule has 0 bridgehead atoms. The number of H-pyrrole nitrogens is 1. The monoisotopic (exact) mass is 220 g/mol. The van der Waals surface area contributed by atoms with Crippen LogP contribution in [0.4, 0.5) is 0 Å². The summed E-state index contributed by atoms with van der Waals surface area (Å²) in [6.45, 7) is 11.9. The average molecular weight is 220 g/mol. The summed E-state index contributed by atoms with van der Waals surface area (Å²) in [6, 6.07) is 0. The van der Waals surface area contributed by atoms with Gasteiger partial charge in [-0.3, -0.25) is 0 Å². The highest BCUT2D eigenvalue weighted by Gasteiger charge is 2.14. The van der Waals surface area contributed by atoms with E-state index < -0.39 is 0 Å². The Balaban J connectivity index is 2.91. The van der Waals surface area contributed by atoms with E-state index in [2.05, 4.69) is 37.3 Å². The van der Waals surface area contributed by atoms with Crippen molar-refractivity contribution in [2.24, 2.45) is 0 Å². The van der Waals surface area contributed by atoms with Gasteiger partial charge in [0.2, 0.25) is 0 Å². The molecule has 1 unspecified atom stereocenters. The minimum Gasteiger partial charge on any atom is -0.467 e. The summed E-state index contributed by atoms with van der Waals surface area (Å²) in [6.07, 6.45) is 4.47. The first-order valence-electron chi connectivity index (χ1n) is 5.58. The van der Waals surface area contributed by atoms with Crippen LogP contribution in [0.15, 0.2) is 36.1 Å². The third-order valence-corrected chi connectivity index (χ3v) is 2.64. The van der Waals surface area contributed by atoms with Crippen molar-refractivity contribution in [3.63, 3.8) is 0 Å². The lowest BCUT2D eigenvalue weighted by Gasteiger charge is -2.16. The second-order valence-corrected chi connectivity index (χ2v) is 3.96. The van der Waals surface area contributed by atoms with E-state index in [1.165, 1.54) is 5.57 Å². The summed E-state index contributed by atoms with van der Waals surface area (Å²) >= 11 is 0. The molecule has 0 aliphatic heterocycles. The Bertz CT molecular complexity index is 377. The van der Waals surface area contributed by atoms with E-state index in [4.69, 9.17) is 4.74 Å². The molecule has 0 amide bonds. The second kappa shape index (κ2) is 5.54. The van der Waals surface area contributed by atoms with Crippen LogP contribution in [-0.4, -0.2) is 9.97 Å². The van der Waals surface area contributed by atoms with E-state index in [1.54, 1.807) is 6.20 Å². The number of nitrogens with one attached hydrogen (secondary N) is 1. The summed E-state index contributed by atoms with van der Waals surface area (Å²) in [5.74, 6) is 2.91. The van der Waals surface area contributed by atoms with Gasteiger partial charge in [-0.1, -0.05) is 20.4 Å². The van der Waals surface area contributed by atoms with Gasteiger partial charge in [-0.15, -0.1) is 0 Å². The number of allylic oxidation sites excluding steroid dienone is 3. The van der Waals surface area contributed by atoms with Gasteiger partial charge in [0.25, 0.3) is 0 Å². The summed E-state index contributed by atoms with van der Waals surface area (Å²) < 4.78 is 5.62. The molecule has 1 N–H and O–H groups in total. The highest BCUT2D eigenvalue weighted by Crippen LogP contribution is 2.26. The van der Waals surface area contributed by atoms with Crippen molar-refractivity contribution in [3.05, 3.63) is 41.9 Å². The fourth-order valence-corrected chi connectivity index (χ4v) is 1.60. The molecule has 1 aromatic rings. The van der Waals surface area contributed by atoms with Gasteiger partial charge in [0.05, 0.1) is 5.76 Å². The van der Waals surface area contributed by atoms with Crippen molar-refractivity contribution in [1.82, 2.24) is 9.97 Å². The van der Waals surface area contributed by atoms with Crippen LogP contribution in [0, 0.1) is 0 Å². The van der Waals surface area contributed by atoms with Crippen LogP contribution in [0.3, 0.4) is 0 Å². The van der Waals surface area contributed by atoms with E-state index in [1.807, 2.05) is 13.1 Å². The molecule has 0 spiro atoms. The number of aromatic nitrogens is 2. The number of aromatic amines is 1. The molecular formula is C13H20N2O. The first kappa shape index (κ1) is 12.6. The minimum absolute atomic E-state index is 0.240. The van der Waals surface area contributed by atoms with Crippen LogP contribution in [0.5, 0.6) is 0 Å². The van der Waals surface area contributed by atoms with Crippen LogP contribution < -0.4 is 0 Å². The summed E-state index contributed by atoms with van der Waals surface area (Å²) in [5.41, 5.74) is 1.19. The molecule has 3 heteroatoms. The summed E-state index contributed by atoms with van der Waals surface area (Å²) in [5, 5.41) is 0. The molecule has 0 fully saturated rings. The molecule has 88 valence electrons. The lowest BCUT2D eigenvalue weighted by Crippen LogP contribution is -2.03. The minimum atomic E-state index is 0.240. The van der Waals surface area contributed by atoms with Crippen LogP contribution in [0.1, 0.15) is 45.9 Å². The molecule has 0 saturated carbocycles. The maximum atomic E-state index is 5.62. The van der Waals surface area contributed by atoms with Crippen molar-refractivity contribution in [2.45, 2.75) is 40.0 Å². The fourth-order valence-electron chi connectivity index (χ4n) is 1.60. The average Bonchev–Trinajstić information content (AvgIpc) is 2.76. The first-order valence-corrected chi connectivity index (χ1v) is 5.58. The van der Waals surface area contributed by atoms with E-state index in [0.717, 1.165) is 23.8 Å². The van der Waals surface area contributed by atoms with Gasteiger partial charge in [-0.05, 0) is 19.4 Å². The molecular weight excluding hydrogens is 200 g/mol. The fraction of sp³-hybridized carbons (Fsp3) is 0.462. The Morgan fingerprint density at radius 1 is 1.56 bits per heavy atom. The molecule has 0 radical (unpaired) electrons. The zero-order chi connectivity index (χ0) is 12.1. The van der Waals surface area contributed by atoms with E-state index in [9.17, 15) is 0 Å². The van der Waals surface area contributed by atoms with Crippen molar-refractivity contribution in [2.75, 3.05) is 0 Å². The van der Waals surface area contributed by atoms with Gasteiger partial charge in [0.1, 0.15) is 11.6 Å². The van der Waals surface area contributed by atoms with Crippen LogP contribution in [0.2, 0.25) is 0 Å². The lowest BCUT2D eigenvalue weighted by atomic mass is 10.00. The highest BCUT2D eigenvalue weighted by atomic mass is 16.5. The molecule has 16 heavy (non-hydrogen) atoms.